The lowest BCUT2D eigenvalue weighted by molar-refractivity contribution is 0.132. The Bertz CT molecular complexity index is 640. The van der Waals surface area contributed by atoms with Gasteiger partial charge in [0.05, 0.1) is 11.8 Å². The van der Waals surface area contributed by atoms with Crippen LogP contribution in [-0.2, 0) is 6.42 Å². The smallest absolute Gasteiger partial charge is 0.314 e. The Labute approximate surface area is 141 Å². The van der Waals surface area contributed by atoms with Crippen molar-refractivity contribution in [3.05, 3.63) is 48.3 Å². The highest BCUT2D eigenvalue weighted by molar-refractivity contribution is 5.73. The third kappa shape index (κ3) is 4.35. The van der Waals surface area contributed by atoms with Crippen molar-refractivity contribution >= 4 is 6.03 Å². The summed E-state index contributed by atoms with van der Waals surface area (Å²) < 4.78 is 1.81. The second-order valence-corrected chi connectivity index (χ2v) is 6.26. The van der Waals surface area contributed by atoms with E-state index >= 15 is 0 Å². The molecule has 1 aromatic heterocycles. The number of aliphatic hydroxyl groups excluding tert-OH is 1. The molecule has 2 aromatic rings. The van der Waals surface area contributed by atoms with Gasteiger partial charge in [-0.2, -0.15) is 5.10 Å². The number of nitrogens with zero attached hydrogens (tertiary/aromatic N) is 2. The van der Waals surface area contributed by atoms with Gasteiger partial charge in [-0.1, -0.05) is 18.6 Å². The van der Waals surface area contributed by atoms with Crippen LogP contribution in [0.25, 0.3) is 5.69 Å². The third-order valence-corrected chi connectivity index (χ3v) is 4.55. The highest BCUT2D eigenvalue weighted by Crippen LogP contribution is 2.24. The van der Waals surface area contributed by atoms with Crippen LogP contribution in [0.3, 0.4) is 0 Å². The van der Waals surface area contributed by atoms with Crippen molar-refractivity contribution in [1.82, 2.24) is 20.4 Å². The lowest BCUT2D eigenvalue weighted by Gasteiger charge is -2.15. The van der Waals surface area contributed by atoms with Crippen LogP contribution in [0.15, 0.2) is 42.7 Å². The van der Waals surface area contributed by atoms with E-state index in [0.29, 0.717) is 13.1 Å². The van der Waals surface area contributed by atoms with Crippen molar-refractivity contribution in [2.45, 2.75) is 31.8 Å². The van der Waals surface area contributed by atoms with E-state index in [1.54, 1.807) is 6.20 Å². The number of urea groups is 1. The number of benzene rings is 1. The molecule has 6 heteroatoms. The van der Waals surface area contributed by atoms with Crippen LogP contribution in [0.4, 0.5) is 4.79 Å². The van der Waals surface area contributed by atoms with Gasteiger partial charge >= 0.3 is 6.03 Å². The number of carbonyl (C=O) groups is 1. The van der Waals surface area contributed by atoms with Crippen molar-refractivity contribution in [3.8, 4) is 5.69 Å². The number of nitrogens with one attached hydrogen (secondary N) is 2. The third-order valence-electron chi connectivity index (χ3n) is 4.55. The van der Waals surface area contributed by atoms with Crippen LogP contribution in [0.2, 0.25) is 0 Å². The average Bonchev–Trinajstić information content (AvgIpc) is 3.25. The van der Waals surface area contributed by atoms with Crippen molar-refractivity contribution in [1.29, 1.82) is 0 Å². The van der Waals surface area contributed by atoms with E-state index in [9.17, 15) is 9.90 Å². The molecule has 1 heterocycles. The van der Waals surface area contributed by atoms with Gasteiger partial charge in [-0.05, 0) is 43.0 Å². The molecule has 0 bridgehead atoms. The van der Waals surface area contributed by atoms with Crippen LogP contribution in [-0.4, -0.2) is 40.1 Å². The normalized spacial score (nSPS) is 20.0. The molecule has 3 N–H and O–H groups in total. The molecule has 0 unspecified atom stereocenters. The fourth-order valence-corrected chi connectivity index (χ4v) is 3.10. The first-order valence-electron chi connectivity index (χ1n) is 8.51. The van der Waals surface area contributed by atoms with Gasteiger partial charge < -0.3 is 15.7 Å². The minimum atomic E-state index is -0.265. The molecule has 1 aliphatic carbocycles. The largest absolute Gasteiger partial charge is 0.393 e. The maximum atomic E-state index is 11.8. The highest BCUT2D eigenvalue weighted by Gasteiger charge is 2.25. The average molecular weight is 328 g/mol. The molecule has 1 saturated carbocycles. The van der Waals surface area contributed by atoms with E-state index in [0.717, 1.165) is 36.9 Å². The zero-order chi connectivity index (χ0) is 16.8. The first kappa shape index (κ1) is 16.5. The molecule has 24 heavy (non-hydrogen) atoms. The number of carbonyl (C=O) groups excluding carboxylic acids is 1. The van der Waals surface area contributed by atoms with Gasteiger partial charge in [-0.3, -0.25) is 0 Å². The van der Waals surface area contributed by atoms with E-state index in [2.05, 4.69) is 15.7 Å². The van der Waals surface area contributed by atoms with Gasteiger partial charge in [0.15, 0.2) is 0 Å². The fourth-order valence-electron chi connectivity index (χ4n) is 3.10. The topological polar surface area (TPSA) is 79.2 Å². The summed E-state index contributed by atoms with van der Waals surface area (Å²) in [6.07, 6.45) is 7.05. The van der Waals surface area contributed by atoms with Crippen LogP contribution >= 0.6 is 0 Å². The molecule has 1 aromatic carbocycles. The van der Waals surface area contributed by atoms with E-state index < -0.39 is 0 Å². The molecule has 128 valence electrons. The lowest BCUT2D eigenvalue weighted by Crippen LogP contribution is -2.40. The van der Waals surface area contributed by atoms with Crippen LogP contribution < -0.4 is 10.6 Å². The maximum Gasteiger partial charge on any atom is 0.314 e. The summed E-state index contributed by atoms with van der Waals surface area (Å²) in [7, 11) is 0. The molecule has 2 atom stereocenters. The number of rotatable bonds is 6. The number of hydrogen-bond donors (Lipinski definition) is 3. The Morgan fingerprint density at radius 2 is 2.08 bits per heavy atom. The summed E-state index contributed by atoms with van der Waals surface area (Å²) in [4.78, 5) is 11.8. The maximum absolute atomic E-state index is 11.8. The zero-order valence-electron chi connectivity index (χ0n) is 13.7. The van der Waals surface area contributed by atoms with Gasteiger partial charge in [0.25, 0.3) is 0 Å². The van der Waals surface area contributed by atoms with Crippen molar-refractivity contribution in [3.63, 3.8) is 0 Å². The standard InChI is InChI=1S/C18H24N4O2/c23-17-4-1-3-15(17)13-20-18(24)19-11-9-14-5-7-16(8-6-14)22-12-2-10-21-22/h2,5-8,10,12,15,17,23H,1,3-4,9,11,13H2,(H2,19,20,24)/t15-,17+/m0/s1. The van der Waals surface area contributed by atoms with E-state index in [1.807, 2.05) is 41.2 Å². The first-order valence-corrected chi connectivity index (χ1v) is 8.51. The van der Waals surface area contributed by atoms with Gasteiger partial charge in [0, 0.05) is 31.4 Å². The predicted octanol–water partition coefficient (Wildman–Crippen LogP) is 1.88. The van der Waals surface area contributed by atoms with E-state index in [-0.39, 0.29) is 18.1 Å². The fraction of sp³-hybridized carbons (Fsp3) is 0.444. The Morgan fingerprint density at radius 1 is 1.25 bits per heavy atom. The number of hydrogen-bond acceptors (Lipinski definition) is 3. The second kappa shape index (κ2) is 7.97. The SMILES string of the molecule is O=C(NCCc1ccc(-n2cccn2)cc1)NC[C@@H]1CCC[C@H]1O. The molecule has 0 spiro atoms. The molecule has 6 nitrogen and oxygen atoms in total. The highest BCUT2D eigenvalue weighted by atomic mass is 16.3. The van der Waals surface area contributed by atoms with Gasteiger partial charge in [0.1, 0.15) is 0 Å². The minimum Gasteiger partial charge on any atom is -0.393 e. The Kier molecular flexibility index (Phi) is 5.48. The summed E-state index contributed by atoms with van der Waals surface area (Å²) in [5, 5.41) is 19.6. The quantitative estimate of drug-likeness (QED) is 0.757. The molecular weight excluding hydrogens is 304 g/mol. The van der Waals surface area contributed by atoms with Gasteiger partial charge in [-0.15, -0.1) is 0 Å². The van der Waals surface area contributed by atoms with Gasteiger partial charge in [0.2, 0.25) is 0 Å². The second-order valence-electron chi connectivity index (χ2n) is 6.26. The van der Waals surface area contributed by atoms with Crippen LogP contribution in [0.1, 0.15) is 24.8 Å². The zero-order valence-corrected chi connectivity index (χ0v) is 13.7. The molecule has 1 aliphatic rings. The Morgan fingerprint density at radius 3 is 2.75 bits per heavy atom. The molecule has 3 rings (SSSR count). The Balaban J connectivity index is 1.37. The number of aromatic nitrogens is 2. The van der Waals surface area contributed by atoms with Gasteiger partial charge in [-0.25, -0.2) is 9.48 Å². The molecule has 2 amide bonds. The summed E-state index contributed by atoms with van der Waals surface area (Å²) in [5.41, 5.74) is 2.18. The molecule has 0 radical (unpaired) electrons. The predicted molar refractivity (Wildman–Crippen MR) is 92.0 cm³/mol. The first-order chi connectivity index (χ1) is 11.7. The minimum absolute atomic E-state index is 0.165. The van der Waals surface area contributed by atoms with Crippen LogP contribution in [0.5, 0.6) is 0 Å². The van der Waals surface area contributed by atoms with Crippen LogP contribution in [0, 0.1) is 5.92 Å². The van der Waals surface area contributed by atoms with E-state index in [1.165, 1.54) is 0 Å². The molecular formula is C18H24N4O2. The monoisotopic (exact) mass is 328 g/mol. The summed E-state index contributed by atoms with van der Waals surface area (Å²) in [5.74, 6) is 0.200. The van der Waals surface area contributed by atoms with Crippen molar-refractivity contribution in [2.24, 2.45) is 5.92 Å². The van der Waals surface area contributed by atoms with Crippen molar-refractivity contribution in [2.75, 3.05) is 13.1 Å². The summed E-state index contributed by atoms with van der Waals surface area (Å²) in [6.45, 7) is 1.13. The Hall–Kier alpha value is -2.34. The van der Waals surface area contributed by atoms with E-state index in [4.69, 9.17) is 0 Å². The van der Waals surface area contributed by atoms with Crippen molar-refractivity contribution < 1.29 is 9.90 Å². The molecule has 0 aliphatic heterocycles. The number of aliphatic hydroxyl groups is 1. The summed E-state index contributed by atoms with van der Waals surface area (Å²) >= 11 is 0. The lowest BCUT2D eigenvalue weighted by atomic mass is 10.1. The molecule has 0 saturated heterocycles. The summed E-state index contributed by atoms with van der Waals surface area (Å²) in [6, 6.07) is 9.86. The number of amides is 2. The molecule has 1 fully saturated rings.